The normalized spacial score (nSPS) is 15.2. The van der Waals surface area contributed by atoms with E-state index in [-0.39, 0.29) is 17.3 Å². The van der Waals surface area contributed by atoms with E-state index in [1.807, 2.05) is 32.0 Å². The summed E-state index contributed by atoms with van der Waals surface area (Å²) in [5.41, 5.74) is 1.49. The van der Waals surface area contributed by atoms with Gasteiger partial charge in [0.25, 0.3) is 5.56 Å². The second-order valence-electron chi connectivity index (χ2n) is 4.95. The monoisotopic (exact) mass is 244 g/mol. The topological polar surface area (TPSA) is 44.0 Å². The van der Waals surface area contributed by atoms with E-state index in [4.69, 9.17) is 0 Å². The largest absolute Gasteiger partial charge is 0.331 e. The van der Waals surface area contributed by atoms with Crippen LogP contribution in [-0.4, -0.2) is 9.13 Å². The summed E-state index contributed by atoms with van der Waals surface area (Å²) in [5.74, 6) is 0. The van der Waals surface area contributed by atoms with Gasteiger partial charge in [-0.3, -0.25) is 13.9 Å². The molecule has 0 spiro atoms. The Bertz CT molecular complexity index is 736. The van der Waals surface area contributed by atoms with Crippen LogP contribution < -0.4 is 11.2 Å². The number of nitrogens with zero attached hydrogens (tertiary/aromatic N) is 2. The van der Waals surface area contributed by atoms with Crippen molar-refractivity contribution in [3.05, 3.63) is 44.6 Å². The number of benzene rings is 1. The molecule has 3 rings (SSSR count). The SMILES string of the molecule is CCn1c(=O)n(C2CC2)c(=O)c2cc(C)ccc21. The van der Waals surface area contributed by atoms with Crippen LogP contribution in [0.1, 0.15) is 31.4 Å². The summed E-state index contributed by atoms with van der Waals surface area (Å²) in [5, 5.41) is 0.656. The summed E-state index contributed by atoms with van der Waals surface area (Å²) in [7, 11) is 0. The van der Waals surface area contributed by atoms with Crippen LogP contribution in [0.5, 0.6) is 0 Å². The van der Waals surface area contributed by atoms with Crippen LogP contribution in [0.3, 0.4) is 0 Å². The molecule has 0 atom stereocenters. The van der Waals surface area contributed by atoms with Gasteiger partial charge in [-0.25, -0.2) is 4.79 Å². The van der Waals surface area contributed by atoms with E-state index in [1.54, 1.807) is 4.57 Å². The molecule has 94 valence electrons. The highest BCUT2D eigenvalue weighted by Crippen LogP contribution is 2.32. The van der Waals surface area contributed by atoms with Crippen molar-refractivity contribution in [2.24, 2.45) is 0 Å². The third kappa shape index (κ3) is 1.52. The summed E-state index contributed by atoms with van der Waals surface area (Å²) in [6, 6.07) is 5.80. The fourth-order valence-electron chi connectivity index (χ4n) is 2.47. The maximum atomic E-state index is 12.4. The lowest BCUT2D eigenvalue weighted by molar-refractivity contribution is 0.598. The zero-order chi connectivity index (χ0) is 12.9. The first-order chi connectivity index (χ1) is 8.63. The Morgan fingerprint density at radius 3 is 2.61 bits per heavy atom. The average molecular weight is 244 g/mol. The molecule has 1 saturated carbocycles. The Labute approximate surface area is 104 Å². The zero-order valence-corrected chi connectivity index (χ0v) is 10.6. The molecule has 2 aromatic rings. The molecule has 0 unspecified atom stereocenters. The molecule has 18 heavy (non-hydrogen) atoms. The molecule has 0 N–H and O–H groups in total. The number of fused-ring (bicyclic) bond motifs is 1. The lowest BCUT2D eigenvalue weighted by Gasteiger charge is -2.12. The Morgan fingerprint density at radius 1 is 1.28 bits per heavy atom. The third-order valence-corrected chi connectivity index (χ3v) is 3.56. The van der Waals surface area contributed by atoms with Gasteiger partial charge in [0.2, 0.25) is 0 Å². The van der Waals surface area contributed by atoms with Crippen molar-refractivity contribution in [3.63, 3.8) is 0 Å². The van der Waals surface area contributed by atoms with Crippen molar-refractivity contribution in [1.82, 2.24) is 9.13 Å². The highest BCUT2D eigenvalue weighted by molar-refractivity contribution is 5.78. The van der Waals surface area contributed by atoms with Crippen molar-refractivity contribution in [2.45, 2.75) is 39.3 Å². The van der Waals surface area contributed by atoms with Gasteiger partial charge in [0.15, 0.2) is 0 Å². The molecule has 4 nitrogen and oxygen atoms in total. The molecule has 1 fully saturated rings. The molecule has 0 bridgehead atoms. The molecule has 4 heteroatoms. The lowest BCUT2D eigenvalue weighted by Crippen LogP contribution is -2.39. The summed E-state index contributed by atoms with van der Waals surface area (Å²) in [6.45, 7) is 4.48. The maximum Gasteiger partial charge on any atom is 0.331 e. The molecule has 1 heterocycles. The van der Waals surface area contributed by atoms with Crippen LogP contribution in [0.25, 0.3) is 10.9 Å². The molecule has 0 radical (unpaired) electrons. The van der Waals surface area contributed by atoms with E-state index in [1.165, 1.54) is 4.57 Å². The Kier molecular flexibility index (Phi) is 2.40. The highest BCUT2D eigenvalue weighted by Gasteiger charge is 2.28. The Hall–Kier alpha value is -1.84. The first kappa shape index (κ1) is 11.3. The first-order valence-corrected chi connectivity index (χ1v) is 6.39. The number of aryl methyl sites for hydroxylation is 2. The quantitative estimate of drug-likeness (QED) is 0.809. The molecule has 1 aromatic carbocycles. The van der Waals surface area contributed by atoms with Crippen LogP contribution in [0.2, 0.25) is 0 Å². The van der Waals surface area contributed by atoms with Gasteiger partial charge >= 0.3 is 5.69 Å². The molecular formula is C14H16N2O2. The number of hydrogen-bond donors (Lipinski definition) is 0. The van der Waals surface area contributed by atoms with Gasteiger partial charge in [-0.05, 0) is 38.8 Å². The minimum absolute atomic E-state index is 0.118. The fraction of sp³-hybridized carbons (Fsp3) is 0.429. The van der Waals surface area contributed by atoms with Gasteiger partial charge in [0.1, 0.15) is 0 Å². The minimum atomic E-state index is -0.165. The smallest absolute Gasteiger partial charge is 0.293 e. The lowest BCUT2D eigenvalue weighted by atomic mass is 10.1. The Morgan fingerprint density at radius 2 is 2.00 bits per heavy atom. The van der Waals surface area contributed by atoms with Crippen LogP contribution in [-0.2, 0) is 6.54 Å². The number of hydrogen-bond acceptors (Lipinski definition) is 2. The van der Waals surface area contributed by atoms with Gasteiger partial charge in [-0.15, -0.1) is 0 Å². The fourth-order valence-corrected chi connectivity index (χ4v) is 2.47. The molecule has 0 amide bonds. The zero-order valence-electron chi connectivity index (χ0n) is 10.6. The molecule has 1 aromatic heterocycles. The molecule has 0 saturated heterocycles. The van der Waals surface area contributed by atoms with Gasteiger partial charge in [0.05, 0.1) is 10.9 Å². The maximum absolute atomic E-state index is 12.4. The Balaban J connectivity index is 2.50. The van der Waals surface area contributed by atoms with Gasteiger partial charge in [0, 0.05) is 12.6 Å². The van der Waals surface area contributed by atoms with Crippen molar-refractivity contribution >= 4 is 10.9 Å². The standard InChI is InChI=1S/C14H16N2O2/c1-3-15-12-7-4-9(2)8-11(12)13(17)16(14(15)18)10-5-6-10/h4,7-8,10H,3,5-6H2,1-2H3. The average Bonchev–Trinajstić information content (AvgIpc) is 3.15. The van der Waals surface area contributed by atoms with Crippen LogP contribution >= 0.6 is 0 Å². The second-order valence-corrected chi connectivity index (χ2v) is 4.95. The van der Waals surface area contributed by atoms with E-state index < -0.39 is 0 Å². The van der Waals surface area contributed by atoms with E-state index >= 15 is 0 Å². The predicted molar refractivity (Wildman–Crippen MR) is 71.2 cm³/mol. The molecule has 1 aliphatic rings. The van der Waals surface area contributed by atoms with Crippen molar-refractivity contribution in [2.75, 3.05) is 0 Å². The predicted octanol–water partition coefficient (Wildman–Crippen LogP) is 1.83. The number of rotatable bonds is 2. The first-order valence-electron chi connectivity index (χ1n) is 6.39. The summed E-state index contributed by atoms with van der Waals surface area (Å²) >= 11 is 0. The van der Waals surface area contributed by atoms with Crippen molar-refractivity contribution in [3.8, 4) is 0 Å². The van der Waals surface area contributed by atoms with Crippen LogP contribution in [0, 0.1) is 6.92 Å². The second kappa shape index (κ2) is 3.83. The van der Waals surface area contributed by atoms with E-state index in [2.05, 4.69) is 0 Å². The highest BCUT2D eigenvalue weighted by atomic mass is 16.2. The van der Waals surface area contributed by atoms with Gasteiger partial charge < -0.3 is 0 Å². The third-order valence-electron chi connectivity index (χ3n) is 3.56. The number of aromatic nitrogens is 2. The van der Waals surface area contributed by atoms with Crippen molar-refractivity contribution < 1.29 is 0 Å². The summed E-state index contributed by atoms with van der Waals surface area (Å²) in [4.78, 5) is 24.7. The van der Waals surface area contributed by atoms with E-state index in [0.717, 1.165) is 23.9 Å². The van der Waals surface area contributed by atoms with Gasteiger partial charge in [-0.1, -0.05) is 11.6 Å². The van der Waals surface area contributed by atoms with E-state index in [0.29, 0.717) is 11.9 Å². The van der Waals surface area contributed by atoms with E-state index in [9.17, 15) is 9.59 Å². The summed E-state index contributed by atoms with van der Waals surface area (Å²) < 4.78 is 3.12. The molecule has 1 aliphatic carbocycles. The summed E-state index contributed by atoms with van der Waals surface area (Å²) in [6.07, 6.45) is 1.88. The molecular weight excluding hydrogens is 228 g/mol. The van der Waals surface area contributed by atoms with Crippen LogP contribution in [0.4, 0.5) is 0 Å². The van der Waals surface area contributed by atoms with Crippen molar-refractivity contribution in [1.29, 1.82) is 0 Å². The van der Waals surface area contributed by atoms with Crippen LogP contribution in [0.15, 0.2) is 27.8 Å². The van der Waals surface area contributed by atoms with Gasteiger partial charge in [-0.2, -0.15) is 0 Å². The minimum Gasteiger partial charge on any atom is -0.293 e. The molecule has 0 aliphatic heterocycles.